The number of amides is 2. The summed E-state index contributed by atoms with van der Waals surface area (Å²) in [5, 5.41) is 18.1. The minimum Gasteiger partial charge on any atom is -0.465 e. The van der Waals surface area contributed by atoms with Crippen LogP contribution in [-0.2, 0) is 36.6 Å². The van der Waals surface area contributed by atoms with E-state index in [4.69, 9.17) is 41.6 Å². The van der Waals surface area contributed by atoms with E-state index < -0.39 is 34.3 Å². The molecule has 0 radical (unpaired) electrons. The molecule has 0 atom stereocenters. The number of non-ortho nitro benzene ring substituents is 1. The summed E-state index contributed by atoms with van der Waals surface area (Å²) in [7, 11) is 2.60. The number of methoxy groups -OCH3 is 2. The van der Waals surface area contributed by atoms with Gasteiger partial charge in [-0.3, -0.25) is 39.4 Å². The van der Waals surface area contributed by atoms with Gasteiger partial charge in [-0.15, -0.1) is 34.0 Å². The number of hydrogen-bond donors (Lipinski definition) is 3. The van der Waals surface area contributed by atoms with Crippen LogP contribution in [0.1, 0.15) is 59.9 Å². The van der Waals surface area contributed by atoms with Gasteiger partial charge in [-0.2, -0.15) is 4.99 Å². The number of halogens is 3. The number of nitrogen functional groups attached to an aromatic ring is 1. The predicted octanol–water partition coefficient (Wildman–Crippen LogP) is 15.7. The van der Waals surface area contributed by atoms with Crippen molar-refractivity contribution in [2.24, 2.45) is 4.99 Å². The van der Waals surface area contributed by atoms with E-state index in [1.807, 2.05) is 65.8 Å². The second kappa shape index (κ2) is 34.9. The summed E-state index contributed by atoms with van der Waals surface area (Å²) in [4.78, 5) is 85.0. The van der Waals surface area contributed by atoms with Crippen molar-refractivity contribution in [3.05, 3.63) is 224 Å². The summed E-state index contributed by atoms with van der Waals surface area (Å²) >= 11 is 13.0. The summed E-state index contributed by atoms with van der Waals surface area (Å²) in [5.41, 5.74) is 9.30. The first-order valence-corrected chi connectivity index (χ1v) is 31.6. The molecule has 21 nitrogen and oxygen atoms in total. The van der Waals surface area contributed by atoms with Crippen LogP contribution < -0.4 is 30.6 Å². The summed E-state index contributed by atoms with van der Waals surface area (Å²) < 4.78 is 75.6. The molecule has 1 fully saturated rings. The van der Waals surface area contributed by atoms with Gasteiger partial charge in [0.2, 0.25) is 5.91 Å². The van der Waals surface area contributed by atoms with E-state index in [1.165, 1.54) is 106 Å². The molecule has 0 aliphatic carbocycles. The van der Waals surface area contributed by atoms with E-state index in [0.717, 1.165) is 47.8 Å². The Morgan fingerprint density at radius 2 is 1.06 bits per heavy atom. The van der Waals surface area contributed by atoms with E-state index in [0.29, 0.717) is 80.3 Å². The topological polar surface area (TPSA) is 285 Å². The zero-order valence-corrected chi connectivity index (χ0v) is 54.8. The third-order valence-electron chi connectivity index (χ3n) is 12.8. The van der Waals surface area contributed by atoms with E-state index in [-0.39, 0.29) is 52.1 Å². The highest BCUT2D eigenvalue weighted by Crippen LogP contribution is 2.39. The van der Waals surface area contributed by atoms with Gasteiger partial charge >= 0.3 is 11.9 Å². The standard InChI is InChI=1S/C24H18FN3O4S2.C15H9FN2O4S.C15H11FN2O3S.C9H7NOS.C4H8O/c1-31-23(30)20-13-17-22(34-20)19(9-10-26-17)32-18-8-7-15(12-16(18)25)27-24(33)28-21(29)11-14-5-3-2-4-6-14;1-8(19)14-7-11-15(23-14)13(4-5-17-11)22-12-3-2-9(18(20)21)6-10(12)16;1-20-15(19)13-7-10-14(22-13)12(4-5-18-10)21-11-3-2-8(17)6-9(11)16;11-9(10-7-12)6-8-4-2-1-3-5-8;1-2-4-5-3-1/h2-10,12-13H,11H2,1H3,(H2,27,28,29,33);2-7H,1H3;2-7H,17H2,1H3;1-5H,6H2;1-4H2. The van der Waals surface area contributed by atoms with Crippen LogP contribution in [0.5, 0.6) is 34.5 Å². The van der Waals surface area contributed by atoms with Gasteiger partial charge in [0, 0.05) is 79.6 Å². The van der Waals surface area contributed by atoms with Crippen LogP contribution in [0.4, 0.5) is 30.2 Å². The van der Waals surface area contributed by atoms with Gasteiger partial charge in [0.05, 0.1) is 78.7 Å². The van der Waals surface area contributed by atoms with Gasteiger partial charge in [0.1, 0.15) is 27.0 Å². The molecule has 11 aromatic rings. The molecule has 2 amide bonds. The number of nitro benzene ring substituents is 1. The van der Waals surface area contributed by atoms with Gasteiger partial charge in [0.15, 0.2) is 45.6 Å². The largest absolute Gasteiger partial charge is 0.465 e. The summed E-state index contributed by atoms with van der Waals surface area (Å²) in [5.74, 6) is -2.62. The first kappa shape index (κ1) is 71.1. The zero-order valence-electron chi connectivity index (χ0n) is 50.7. The number of thiocarbonyl (C=S) groups is 2. The minimum atomic E-state index is -0.840. The molecule has 5 aromatic carbocycles. The molecule has 4 N–H and O–H groups in total. The summed E-state index contributed by atoms with van der Waals surface area (Å²) in [6, 6.07) is 39.8. The highest BCUT2D eigenvalue weighted by Gasteiger charge is 2.20. The number of nitrogens with two attached hydrogens (primary N) is 1. The summed E-state index contributed by atoms with van der Waals surface area (Å²) in [6.07, 6.45) is 7.54. The SMILES string of the molecule is C1CCOC1.CC(=O)c1cc2nccc(Oc3ccc([N+](=O)[O-])cc3F)c2s1.COC(=O)c1cc2nccc(Oc3ccc(N)cc3F)c2s1.COC(=O)c1cc2nccc(Oc3ccc(NC(=S)NC(=O)Cc4ccccc4)cc3F)c2s1.O=C(Cc1ccccc1)N=C=S. The number of fused-ring (bicyclic) bond motifs is 3. The lowest BCUT2D eigenvalue weighted by Crippen LogP contribution is -2.35. The molecule has 1 aliphatic heterocycles. The molecule has 1 saturated heterocycles. The maximum Gasteiger partial charge on any atom is 0.348 e. The Balaban J connectivity index is 0.000000167. The Morgan fingerprint density at radius 1 is 0.615 bits per heavy atom. The Morgan fingerprint density at radius 3 is 1.49 bits per heavy atom. The molecule has 7 heterocycles. The Hall–Kier alpha value is -10.8. The number of nitrogens with one attached hydrogen (secondary N) is 2. The maximum absolute atomic E-state index is 14.7. The van der Waals surface area contributed by atoms with E-state index >= 15 is 0 Å². The normalized spacial score (nSPS) is 11.1. The van der Waals surface area contributed by atoms with Crippen molar-refractivity contribution >= 4 is 146 Å². The van der Waals surface area contributed by atoms with Crippen molar-refractivity contribution < 1.29 is 70.5 Å². The Labute approximate surface area is 567 Å². The monoisotopic (exact) mass is 1390 g/mol. The van der Waals surface area contributed by atoms with Crippen molar-refractivity contribution in [2.75, 3.05) is 38.5 Å². The van der Waals surface area contributed by atoms with Crippen LogP contribution in [0.25, 0.3) is 30.6 Å². The predicted molar refractivity (Wildman–Crippen MR) is 367 cm³/mol. The zero-order chi connectivity index (χ0) is 68.7. The number of aromatic nitrogens is 3. The molecule has 0 unspecified atom stereocenters. The maximum atomic E-state index is 14.7. The number of nitro groups is 1. The lowest BCUT2D eigenvalue weighted by atomic mass is 10.1. The van der Waals surface area contributed by atoms with E-state index in [2.05, 4.69) is 47.5 Å². The van der Waals surface area contributed by atoms with Crippen LogP contribution in [0, 0.1) is 27.6 Å². The highest BCUT2D eigenvalue weighted by molar-refractivity contribution is 7.80. The number of aliphatic imine (C=N–C) groups is 1. The first-order valence-electron chi connectivity index (χ1n) is 28.3. The number of ether oxygens (including phenoxy) is 6. The molecule has 0 bridgehead atoms. The van der Waals surface area contributed by atoms with Crippen LogP contribution in [0.2, 0.25) is 0 Å². The quantitative estimate of drug-likeness (QED) is 0.0163. The number of hydrogen-bond acceptors (Lipinski definition) is 22. The van der Waals surface area contributed by atoms with Gasteiger partial charge in [-0.1, -0.05) is 60.7 Å². The number of anilines is 2. The molecule has 1 aliphatic rings. The second-order valence-corrected chi connectivity index (χ2v) is 23.4. The first-order chi connectivity index (χ1) is 46.3. The third kappa shape index (κ3) is 20.4. The number of carbonyl (C=O) groups is 5. The van der Waals surface area contributed by atoms with Crippen molar-refractivity contribution in [1.82, 2.24) is 20.3 Å². The molecule has 490 valence electrons. The molecular formula is C67H53F3N8O13S5. The van der Waals surface area contributed by atoms with Crippen LogP contribution >= 0.6 is 58.4 Å². The van der Waals surface area contributed by atoms with Crippen LogP contribution in [0.15, 0.2) is 175 Å². The molecule has 29 heteroatoms. The fourth-order valence-corrected chi connectivity index (χ4v) is 11.6. The molecule has 12 rings (SSSR count). The van der Waals surface area contributed by atoms with Crippen molar-refractivity contribution in [2.45, 2.75) is 32.6 Å². The molecular weight excluding hydrogens is 1340 g/mol. The number of esters is 2. The average Bonchev–Trinajstić information content (AvgIpc) is 1.67. The molecule has 96 heavy (non-hydrogen) atoms. The summed E-state index contributed by atoms with van der Waals surface area (Å²) in [6.45, 7) is 3.45. The average molecular weight is 1400 g/mol. The third-order valence-corrected chi connectivity index (χ3v) is 16.6. The van der Waals surface area contributed by atoms with Gasteiger partial charge < -0.3 is 44.8 Å². The van der Waals surface area contributed by atoms with E-state index in [9.17, 15) is 47.3 Å². The van der Waals surface area contributed by atoms with Gasteiger partial charge in [-0.05, 0) is 104 Å². The fraction of sp³-hybridized carbons (Fsp3) is 0.134. The molecule has 0 saturated carbocycles. The number of ketones is 1. The number of isothiocyanates is 1. The van der Waals surface area contributed by atoms with Crippen molar-refractivity contribution in [3.63, 3.8) is 0 Å². The fourth-order valence-electron chi connectivity index (χ4n) is 8.35. The number of thiophene rings is 3. The lowest BCUT2D eigenvalue weighted by molar-refractivity contribution is -0.385. The number of Topliss-reactive ketones (excluding diaryl/α,β-unsaturated/α-hetero) is 1. The van der Waals surface area contributed by atoms with Crippen molar-refractivity contribution in [1.29, 1.82) is 0 Å². The molecule has 6 aromatic heterocycles. The smallest absolute Gasteiger partial charge is 0.348 e. The number of rotatable bonds is 15. The number of nitrogens with zero attached hydrogens (tertiary/aromatic N) is 5. The molecule has 0 spiro atoms. The lowest BCUT2D eigenvalue weighted by Gasteiger charge is -2.12. The highest BCUT2D eigenvalue weighted by atomic mass is 32.1. The number of pyridine rings is 3. The van der Waals surface area contributed by atoms with Crippen LogP contribution in [-0.4, -0.2) is 87.1 Å². The minimum absolute atomic E-state index is 0.0231. The van der Waals surface area contributed by atoms with E-state index in [1.54, 1.807) is 48.5 Å². The number of benzene rings is 5. The Kier molecular flexibility index (Phi) is 25.9. The van der Waals surface area contributed by atoms with Gasteiger partial charge in [0.25, 0.3) is 11.6 Å². The second-order valence-electron chi connectivity index (χ2n) is 19.7. The Bertz CT molecular complexity index is 4680. The van der Waals surface area contributed by atoms with Crippen molar-refractivity contribution in [3.8, 4) is 34.5 Å². The van der Waals surface area contributed by atoms with Gasteiger partial charge in [-0.25, -0.2) is 22.8 Å². The number of carbonyl (C=O) groups excluding carboxylic acids is 5. The van der Waals surface area contributed by atoms with Crippen LogP contribution in [0.3, 0.4) is 0 Å².